The maximum Gasteiger partial charge on any atom is 0.343 e. The average Bonchev–Trinajstić information content (AvgIpc) is 2.88. The Morgan fingerprint density at radius 3 is 2.74 bits per heavy atom. The van der Waals surface area contributed by atoms with Crippen molar-refractivity contribution >= 4 is 17.6 Å². The Bertz CT molecular complexity index is 639. The smallest absolute Gasteiger partial charge is 0.343 e. The largest absolute Gasteiger partial charge is 0.454 e. The van der Waals surface area contributed by atoms with Crippen molar-refractivity contribution in [3.63, 3.8) is 0 Å². The highest BCUT2D eigenvalue weighted by atomic mass is 35.5. The molecule has 5 heteroatoms. The first-order chi connectivity index (χ1) is 9.24. The minimum atomic E-state index is -0.494. The molecule has 0 amide bonds. The fourth-order valence-corrected chi connectivity index (χ4v) is 1.88. The lowest BCUT2D eigenvalue weighted by Crippen LogP contribution is -2.08. The first kappa shape index (κ1) is 11.9. The van der Waals surface area contributed by atoms with Gasteiger partial charge in [0.05, 0.1) is 10.6 Å². The third kappa shape index (κ3) is 2.35. The quantitative estimate of drug-likeness (QED) is 0.624. The van der Waals surface area contributed by atoms with Crippen LogP contribution in [-0.4, -0.2) is 12.8 Å². The van der Waals surface area contributed by atoms with E-state index in [0.29, 0.717) is 27.8 Å². The number of benzene rings is 2. The predicted molar refractivity (Wildman–Crippen MR) is 69.0 cm³/mol. The summed E-state index contributed by atoms with van der Waals surface area (Å²) >= 11 is 5.93. The fraction of sp³-hybridized carbons (Fsp3) is 0.0714. The zero-order valence-electron chi connectivity index (χ0n) is 9.76. The number of hydrogen-bond acceptors (Lipinski definition) is 4. The van der Waals surface area contributed by atoms with E-state index in [1.165, 1.54) is 0 Å². The molecule has 0 N–H and O–H groups in total. The molecule has 0 fully saturated rings. The summed E-state index contributed by atoms with van der Waals surface area (Å²) in [4.78, 5) is 12.0. The van der Waals surface area contributed by atoms with Gasteiger partial charge in [0.1, 0.15) is 5.75 Å². The summed E-state index contributed by atoms with van der Waals surface area (Å²) in [5, 5.41) is 0.386. The van der Waals surface area contributed by atoms with Gasteiger partial charge in [0.15, 0.2) is 11.5 Å². The summed E-state index contributed by atoms with van der Waals surface area (Å²) in [5.74, 6) is 0.987. The van der Waals surface area contributed by atoms with Gasteiger partial charge < -0.3 is 14.2 Å². The normalized spacial score (nSPS) is 12.3. The average molecular weight is 277 g/mol. The Morgan fingerprint density at radius 2 is 1.89 bits per heavy atom. The highest BCUT2D eigenvalue weighted by Crippen LogP contribution is 2.33. The van der Waals surface area contributed by atoms with Crippen LogP contribution in [0.2, 0.25) is 5.02 Å². The SMILES string of the molecule is O=C(Oc1ccccc1Cl)c1ccc2c(c1)OCO2. The van der Waals surface area contributed by atoms with Gasteiger partial charge in [0.25, 0.3) is 0 Å². The molecule has 0 bridgehead atoms. The second kappa shape index (κ2) is 4.82. The van der Waals surface area contributed by atoms with Crippen molar-refractivity contribution in [2.75, 3.05) is 6.79 Å². The number of halogens is 1. The minimum absolute atomic E-state index is 0.165. The highest BCUT2D eigenvalue weighted by molar-refractivity contribution is 6.32. The van der Waals surface area contributed by atoms with Crippen molar-refractivity contribution in [2.45, 2.75) is 0 Å². The first-order valence-electron chi connectivity index (χ1n) is 5.60. The van der Waals surface area contributed by atoms with Crippen molar-refractivity contribution < 1.29 is 19.0 Å². The van der Waals surface area contributed by atoms with E-state index in [0.717, 1.165) is 0 Å². The number of carbonyl (C=O) groups is 1. The molecule has 0 saturated heterocycles. The van der Waals surface area contributed by atoms with E-state index in [-0.39, 0.29) is 6.79 Å². The monoisotopic (exact) mass is 276 g/mol. The van der Waals surface area contributed by atoms with E-state index in [2.05, 4.69) is 0 Å². The van der Waals surface area contributed by atoms with Crippen molar-refractivity contribution in [1.29, 1.82) is 0 Å². The molecule has 1 heterocycles. The number of fused-ring (bicyclic) bond motifs is 1. The second-order valence-electron chi connectivity index (χ2n) is 3.89. The van der Waals surface area contributed by atoms with Gasteiger partial charge in [0.2, 0.25) is 6.79 Å². The molecule has 0 atom stereocenters. The van der Waals surface area contributed by atoms with Crippen LogP contribution < -0.4 is 14.2 Å². The van der Waals surface area contributed by atoms with Gasteiger partial charge in [-0.3, -0.25) is 0 Å². The van der Waals surface area contributed by atoms with Crippen LogP contribution in [0.15, 0.2) is 42.5 Å². The standard InChI is InChI=1S/C14H9ClO4/c15-10-3-1-2-4-11(10)19-14(16)9-5-6-12-13(7-9)18-8-17-12/h1-7H,8H2. The lowest BCUT2D eigenvalue weighted by atomic mass is 10.2. The Kier molecular flexibility index (Phi) is 3.01. The number of carbonyl (C=O) groups excluding carboxylic acids is 1. The molecule has 0 aromatic heterocycles. The van der Waals surface area contributed by atoms with Crippen LogP contribution in [0.3, 0.4) is 0 Å². The molecular weight excluding hydrogens is 268 g/mol. The van der Waals surface area contributed by atoms with Gasteiger partial charge in [-0.15, -0.1) is 0 Å². The molecule has 96 valence electrons. The van der Waals surface area contributed by atoms with Gasteiger partial charge in [-0.25, -0.2) is 4.79 Å². The lowest BCUT2D eigenvalue weighted by Gasteiger charge is -2.06. The molecule has 2 aromatic rings. The number of rotatable bonds is 2. The summed E-state index contributed by atoms with van der Waals surface area (Å²) in [6, 6.07) is 11.7. The lowest BCUT2D eigenvalue weighted by molar-refractivity contribution is 0.0734. The molecule has 0 aliphatic carbocycles. The Balaban J connectivity index is 1.83. The van der Waals surface area contributed by atoms with Crippen LogP contribution in [0, 0.1) is 0 Å². The summed E-state index contributed by atoms with van der Waals surface area (Å²) in [6.45, 7) is 0.165. The van der Waals surface area contributed by atoms with Crippen LogP contribution in [0.4, 0.5) is 0 Å². The third-order valence-electron chi connectivity index (χ3n) is 2.65. The first-order valence-corrected chi connectivity index (χ1v) is 5.98. The van der Waals surface area contributed by atoms with Crippen LogP contribution in [0.5, 0.6) is 17.2 Å². The van der Waals surface area contributed by atoms with Crippen LogP contribution >= 0.6 is 11.6 Å². The van der Waals surface area contributed by atoms with Gasteiger partial charge in [0, 0.05) is 0 Å². The molecule has 0 unspecified atom stereocenters. The van der Waals surface area contributed by atoms with Gasteiger partial charge >= 0.3 is 5.97 Å². The van der Waals surface area contributed by atoms with E-state index in [4.69, 9.17) is 25.8 Å². The molecular formula is C14H9ClO4. The predicted octanol–water partition coefficient (Wildman–Crippen LogP) is 3.29. The molecule has 0 saturated carbocycles. The third-order valence-corrected chi connectivity index (χ3v) is 2.96. The summed E-state index contributed by atoms with van der Waals surface area (Å²) in [5.41, 5.74) is 0.379. The van der Waals surface area contributed by atoms with Crippen LogP contribution in [0.25, 0.3) is 0 Å². The molecule has 19 heavy (non-hydrogen) atoms. The van der Waals surface area contributed by atoms with E-state index in [1.807, 2.05) is 0 Å². The van der Waals surface area contributed by atoms with Gasteiger partial charge in [-0.05, 0) is 30.3 Å². The van der Waals surface area contributed by atoms with Crippen molar-refractivity contribution in [1.82, 2.24) is 0 Å². The summed E-state index contributed by atoms with van der Waals surface area (Å²) in [7, 11) is 0. The zero-order valence-corrected chi connectivity index (χ0v) is 10.5. The van der Waals surface area contributed by atoms with Crippen molar-refractivity contribution in [3.8, 4) is 17.2 Å². The Morgan fingerprint density at radius 1 is 1.11 bits per heavy atom. The topological polar surface area (TPSA) is 44.8 Å². The van der Waals surface area contributed by atoms with E-state index < -0.39 is 5.97 Å². The fourth-order valence-electron chi connectivity index (χ4n) is 1.71. The van der Waals surface area contributed by atoms with Gasteiger partial charge in [-0.1, -0.05) is 23.7 Å². The van der Waals surface area contributed by atoms with Gasteiger partial charge in [-0.2, -0.15) is 0 Å². The van der Waals surface area contributed by atoms with E-state index >= 15 is 0 Å². The molecule has 1 aliphatic rings. The number of esters is 1. The summed E-state index contributed by atoms with van der Waals surface area (Å²) in [6.07, 6.45) is 0. The molecule has 0 spiro atoms. The highest BCUT2D eigenvalue weighted by Gasteiger charge is 2.17. The van der Waals surface area contributed by atoms with Crippen molar-refractivity contribution in [2.24, 2.45) is 0 Å². The maximum absolute atomic E-state index is 12.0. The van der Waals surface area contributed by atoms with E-state index in [9.17, 15) is 4.79 Å². The minimum Gasteiger partial charge on any atom is -0.454 e. The van der Waals surface area contributed by atoms with Crippen LogP contribution in [-0.2, 0) is 0 Å². The zero-order chi connectivity index (χ0) is 13.2. The second-order valence-corrected chi connectivity index (χ2v) is 4.30. The summed E-state index contributed by atoms with van der Waals surface area (Å²) < 4.78 is 15.6. The Labute approximate surface area is 114 Å². The van der Waals surface area contributed by atoms with Crippen molar-refractivity contribution in [3.05, 3.63) is 53.1 Å². The number of para-hydroxylation sites is 1. The number of ether oxygens (including phenoxy) is 3. The maximum atomic E-state index is 12.0. The molecule has 2 aromatic carbocycles. The molecule has 1 aliphatic heterocycles. The number of hydrogen-bond donors (Lipinski definition) is 0. The van der Waals surface area contributed by atoms with Crippen LogP contribution in [0.1, 0.15) is 10.4 Å². The molecule has 0 radical (unpaired) electrons. The Hall–Kier alpha value is -2.20. The molecule has 3 rings (SSSR count). The van der Waals surface area contributed by atoms with E-state index in [1.54, 1.807) is 42.5 Å². The molecule has 4 nitrogen and oxygen atoms in total.